The second kappa shape index (κ2) is 12.2. The van der Waals surface area contributed by atoms with Crippen molar-refractivity contribution in [3.8, 4) is 11.3 Å². The highest BCUT2D eigenvalue weighted by molar-refractivity contribution is 6.00. The molecule has 4 aromatic rings. The second-order valence-electron chi connectivity index (χ2n) is 10.4. The number of fused-ring (bicyclic) bond motifs is 1. The van der Waals surface area contributed by atoms with Crippen LogP contribution in [0, 0.1) is 0 Å². The normalized spacial score (nSPS) is 14.7. The Balaban J connectivity index is 1.49. The summed E-state index contributed by atoms with van der Waals surface area (Å²) in [6.07, 6.45) is -1.61. The fourth-order valence-corrected chi connectivity index (χ4v) is 4.67. The Morgan fingerprint density at radius 3 is 2.52 bits per heavy atom. The van der Waals surface area contributed by atoms with Crippen LogP contribution >= 0.6 is 0 Å². The number of aromatic nitrogens is 4. The van der Waals surface area contributed by atoms with E-state index in [1.54, 1.807) is 30.3 Å². The van der Waals surface area contributed by atoms with Gasteiger partial charge in [-0.2, -0.15) is 23.3 Å². The first kappa shape index (κ1) is 29.0. The van der Waals surface area contributed by atoms with Gasteiger partial charge in [-0.05, 0) is 51.5 Å². The molecular weight excluding hydrogens is 547 g/mol. The smallest absolute Gasteiger partial charge is 0.369 e. The number of anilines is 4. The molecule has 1 amide bonds. The molecular formula is C29H32F3N9O. The van der Waals surface area contributed by atoms with Crippen molar-refractivity contribution < 1.29 is 18.0 Å². The molecule has 3 heterocycles. The van der Waals surface area contributed by atoms with Gasteiger partial charge in [0.15, 0.2) is 11.3 Å². The molecule has 3 N–H and O–H groups in total. The minimum atomic E-state index is -4.73. The SMILES string of the molecule is CN(C)C/C=C/C(=O)Nc1cccc(-c2nc(Nc3cccc(N4CCN(C)CC4)c3)nc3[nH]nc(C(F)(F)F)c23)c1. The van der Waals surface area contributed by atoms with Crippen LogP contribution in [-0.4, -0.2) is 89.7 Å². The molecule has 0 atom stereocenters. The summed E-state index contributed by atoms with van der Waals surface area (Å²) in [6, 6.07) is 14.2. The number of hydrogen-bond acceptors (Lipinski definition) is 8. The summed E-state index contributed by atoms with van der Waals surface area (Å²) in [7, 11) is 5.85. The van der Waals surface area contributed by atoms with Gasteiger partial charge in [-0.15, -0.1) is 0 Å². The highest BCUT2D eigenvalue weighted by atomic mass is 19.4. The zero-order valence-electron chi connectivity index (χ0n) is 23.5. The number of carbonyl (C=O) groups excluding carboxylic acids is 1. The molecule has 0 bridgehead atoms. The van der Waals surface area contributed by atoms with Crippen LogP contribution in [0.2, 0.25) is 0 Å². The van der Waals surface area contributed by atoms with Crippen molar-refractivity contribution >= 4 is 40.0 Å². The number of hydrogen-bond donors (Lipinski definition) is 3. The number of nitrogens with zero attached hydrogens (tertiary/aromatic N) is 6. The number of rotatable bonds is 8. The predicted octanol–water partition coefficient (Wildman–Crippen LogP) is 4.59. The molecule has 13 heteroatoms. The van der Waals surface area contributed by atoms with E-state index < -0.39 is 11.9 Å². The third-order valence-electron chi connectivity index (χ3n) is 6.80. The van der Waals surface area contributed by atoms with Crippen molar-refractivity contribution in [1.29, 1.82) is 0 Å². The van der Waals surface area contributed by atoms with E-state index in [1.165, 1.54) is 6.08 Å². The van der Waals surface area contributed by atoms with Gasteiger partial charge in [0.2, 0.25) is 11.9 Å². The maximum absolute atomic E-state index is 13.9. The summed E-state index contributed by atoms with van der Waals surface area (Å²) in [5.41, 5.74) is 1.33. The molecule has 0 unspecified atom stereocenters. The van der Waals surface area contributed by atoms with Gasteiger partial charge < -0.3 is 25.3 Å². The highest BCUT2D eigenvalue weighted by Gasteiger charge is 2.38. The van der Waals surface area contributed by atoms with Gasteiger partial charge in [-0.25, -0.2) is 4.98 Å². The molecule has 0 spiro atoms. The largest absolute Gasteiger partial charge is 0.435 e. The fraction of sp³-hybridized carbons (Fsp3) is 0.310. The maximum Gasteiger partial charge on any atom is 0.435 e. The van der Waals surface area contributed by atoms with Crippen LogP contribution in [0.5, 0.6) is 0 Å². The first-order valence-corrected chi connectivity index (χ1v) is 13.4. The summed E-state index contributed by atoms with van der Waals surface area (Å²) >= 11 is 0. The van der Waals surface area contributed by atoms with E-state index in [1.807, 2.05) is 43.3 Å². The average Bonchev–Trinajstić information content (AvgIpc) is 3.38. The Morgan fingerprint density at radius 2 is 1.79 bits per heavy atom. The van der Waals surface area contributed by atoms with E-state index in [0.29, 0.717) is 23.5 Å². The monoisotopic (exact) mass is 579 g/mol. The van der Waals surface area contributed by atoms with Gasteiger partial charge in [0.25, 0.3) is 0 Å². The Labute approximate surface area is 241 Å². The van der Waals surface area contributed by atoms with Gasteiger partial charge in [0, 0.05) is 61.4 Å². The first-order valence-electron chi connectivity index (χ1n) is 13.4. The molecule has 0 radical (unpaired) electrons. The zero-order valence-corrected chi connectivity index (χ0v) is 23.5. The van der Waals surface area contributed by atoms with Gasteiger partial charge in [-0.3, -0.25) is 9.89 Å². The molecule has 220 valence electrons. The molecule has 1 saturated heterocycles. The lowest BCUT2D eigenvalue weighted by atomic mass is 10.1. The molecule has 42 heavy (non-hydrogen) atoms. The maximum atomic E-state index is 13.9. The molecule has 10 nitrogen and oxygen atoms in total. The summed E-state index contributed by atoms with van der Waals surface area (Å²) in [5.74, 6) is -0.254. The van der Waals surface area contributed by atoms with Gasteiger partial charge in [-0.1, -0.05) is 24.3 Å². The Morgan fingerprint density at radius 1 is 1.05 bits per heavy atom. The van der Waals surface area contributed by atoms with E-state index in [-0.39, 0.29) is 28.6 Å². The Kier molecular flexibility index (Phi) is 8.41. The molecule has 5 rings (SSSR count). The number of carbonyl (C=O) groups is 1. The summed E-state index contributed by atoms with van der Waals surface area (Å²) < 4.78 is 41.8. The minimum absolute atomic E-state index is 0.0260. The van der Waals surface area contributed by atoms with Crippen molar-refractivity contribution in [2.75, 3.05) is 69.4 Å². The zero-order chi connectivity index (χ0) is 29.9. The van der Waals surface area contributed by atoms with Crippen LogP contribution in [0.25, 0.3) is 22.3 Å². The number of H-pyrrole nitrogens is 1. The van der Waals surface area contributed by atoms with Crippen LogP contribution in [-0.2, 0) is 11.0 Å². The lowest BCUT2D eigenvalue weighted by Crippen LogP contribution is -2.44. The van der Waals surface area contributed by atoms with Crippen LogP contribution < -0.4 is 15.5 Å². The quantitative estimate of drug-likeness (QED) is 0.261. The molecule has 2 aromatic carbocycles. The summed E-state index contributed by atoms with van der Waals surface area (Å²) in [6.45, 7) is 4.27. The van der Waals surface area contributed by atoms with Crippen molar-refractivity contribution in [2.24, 2.45) is 0 Å². The molecule has 2 aromatic heterocycles. The molecule has 0 aliphatic carbocycles. The lowest BCUT2D eigenvalue weighted by molar-refractivity contribution is -0.139. The van der Waals surface area contributed by atoms with Crippen LogP contribution in [0.3, 0.4) is 0 Å². The number of amides is 1. The molecule has 1 aliphatic heterocycles. The second-order valence-corrected chi connectivity index (χ2v) is 10.4. The van der Waals surface area contributed by atoms with Gasteiger partial charge >= 0.3 is 6.18 Å². The number of halogens is 3. The molecule has 1 fully saturated rings. The number of alkyl halides is 3. The molecule has 1 aliphatic rings. The van der Waals surface area contributed by atoms with Crippen molar-refractivity contribution in [2.45, 2.75) is 6.18 Å². The Bertz CT molecular complexity index is 1590. The van der Waals surface area contributed by atoms with E-state index in [2.05, 4.69) is 47.6 Å². The van der Waals surface area contributed by atoms with Crippen LogP contribution in [0.1, 0.15) is 5.69 Å². The van der Waals surface area contributed by atoms with Gasteiger partial charge in [0.05, 0.1) is 11.1 Å². The topological polar surface area (TPSA) is 105 Å². The summed E-state index contributed by atoms with van der Waals surface area (Å²) in [5, 5.41) is 11.6. The van der Waals surface area contributed by atoms with E-state index in [9.17, 15) is 18.0 Å². The third-order valence-corrected chi connectivity index (χ3v) is 6.80. The van der Waals surface area contributed by atoms with Crippen LogP contribution in [0.4, 0.5) is 36.2 Å². The standard InChI is InChI=1S/C29H32F3N9O/c1-39(2)12-6-11-23(42)33-20-8-4-7-19(17-20)25-24-26(29(30,31)32)37-38-27(24)36-28(35-25)34-21-9-5-10-22(18-21)41-15-13-40(3)14-16-41/h4-11,17-18H,12-16H2,1-3H3,(H,33,42)(H2,34,35,36,37,38)/b11-6+. The average molecular weight is 580 g/mol. The lowest BCUT2D eigenvalue weighted by Gasteiger charge is -2.34. The number of benzene rings is 2. The summed E-state index contributed by atoms with van der Waals surface area (Å²) in [4.78, 5) is 27.7. The van der Waals surface area contributed by atoms with E-state index >= 15 is 0 Å². The molecule has 0 saturated carbocycles. The van der Waals surface area contributed by atoms with Gasteiger partial charge in [0.1, 0.15) is 0 Å². The van der Waals surface area contributed by atoms with Crippen LogP contribution in [0.15, 0.2) is 60.7 Å². The predicted molar refractivity (Wildman–Crippen MR) is 158 cm³/mol. The minimum Gasteiger partial charge on any atom is -0.369 e. The number of aromatic amines is 1. The number of piperazine rings is 1. The third kappa shape index (κ3) is 6.86. The Hall–Kier alpha value is -4.49. The van der Waals surface area contributed by atoms with E-state index in [0.717, 1.165) is 31.9 Å². The highest BCUT2D eigenvalue weighted by Crippen LogP contribution is 2.38. The fourth-order valence-electron chi connectivity index (χ4n) is 4.67. The van der Waals surface area contributed by atoms with Crippen molar-refractivity contribution in [1.82, 2.24) is 30.0 Å². The van der Waals surface area contributed by atoms with E-state index in [4.69, 9.17) is 0 Å². The number of likely N-dealkylation sites (N-methyl/N-ethyl adjacent to an activating group) is 2. The number of nitrogens with one attached hydrogen (secondary N) is 3. The van der Waals surface area contributed by atoms with Crippen molar-refractivity contribution in [3.63, 3.8) is 0 Å². The van der Waals surface area contributed by atoms with Crippen molar-refractivity contribution in [3.05, 3.63) is 66.4 Å². The first-order chi connectivity index (χ1) is 20.1.